The summed E-state index contributed by atoms with van der Waals surface area (Å²) in [6.07, 6.45) is 1.39. The van der Waals surface area contributed by atoms with Crippen LogP contribution in [0.2, 0.25) is 5.02 Å². The average Bonchev–Trinajstić information content (AvgIpc) is 2.36. The molecule has 1 atom stereocenters. The molecule has 1 aliphatic carbocycles. The van der Waals surface area contributed by atoms with Crippen LogP contribution in [-0.4, -0.2) is 10.9 Å². The van der Waals surface area contributed by atoms with Crippen molar-refractivity contribution >= 4 is 34.7 Å². The zero-order valence-corrected chi connectivity index (χ0v) is 13.6. The number of allylic oxidation sites excluding steroid dienone is 1. The number of rotatable bonds is 1. The maximum absolute atomic E-state index is 12.6. The molecule has 2 aliphatic rings. The molecule has 5 heteroatoms. The molecule has 2 N–H and O–H groups in total. The SMILES string of the molecule is CC1(C)CC(=O)C2=C(C1)NC(=S)N[C@@H]2c1ccc(Cl)cc1. The first-order valence-corrected chi connectivity index (χ1v) is 7.74. The second kappa shape index (κ2) is 5.11. The topological polar surface area (TPSA) is 41.1 Å². The number of halogens is 1. The van der Waals surface area contributed by atoms with Crippen LogP contribution in [0.25, 0.3) is 0 Å². The molecule has 1 heterocycles. The number of hydrogen-bond acceptors (Lipinski definition) is 2. The summed E-state index contributed by atoms with van der Waals surface area (Å²) in [5.41, 5.74) is 2.74. The number of carbonyl (C=O) groups excluding carboxylic acids is 1. The largest absolute Gasteiger partial charge is 0.351 e. The first-order valence-electron chi connectivity index (χ1n) is 6.95. The van der Waals surface area contributed by atoms with Gasteiger partial charge in [-0.25, -0.2) is 0 Å². The van der Waals surface area contributed by atoms with Gasteiger partial charge >= 0.3 is 0 Å². The molecule has 0 saturated heterocycles. The number of ketones is 1. The average molecular weight is 321 g/mol. The molecular formula is C16H17ClN2OS. The van der Waals surface area contributed by atoms with Crippen LogP contribution in [0.5, 0.6) is 0 Å². The first kappa shape index (κ1) is 14.5. The van der Waals surface area contributed by atoms with E-state index in [4.69, 9.17) is 23.8 Å². The van der Waals surface area contributed by atoms with Gasteiger partial charge in [-0.2, -0.15) is 0 Å². The Labute approximate surface area is 134 Å². The van der Waals surface area contributed by atoms with E-state index in [0.29, 0.717) is 16.6 Å². The van der Waals surface area contributed by atoms with E-state index < -0.39 is 0 Å². The second-order valence-corrected chi connectivity index (χ2v) is 7.26. The summed E-state index contributed by atoms with van der Waals surface area (Å²) in [7, 11) is 0. The van der Waals surface area contributed by atoms with Gasteiger partial charge in [0.1, 0.15) is 0 Å². The van der Waals surface area contributed by atoms with Crippen molar-refractivity contribution in [2.24, 2.45) is 5.41 Å². The summed E-state index contributed by atoms with van der Waals surface area (Å²) in [5.74, 6) is 0.184. The number of Topliss-reactive ketones (excluding diaryl/α,β-unsaturated/α-hetero) is 1. The Morgan fingerprint density at radius 3 is 2.57 bits per heavy atom. The molecule has 1 aromatic rings. The standard InChI is InChI=1S/C16H17ClN2OS/c1-16(2)7-11-13(12(20)8-16)14(19-15(21)18-11)9-3-5-10(17)6-4-9/h3-6,14H,7-8H2,1-2H3,(H2,18,19,21)/t14-/m1/s1. The summed E-state index contributed by atoms with van der Waals surface area (Å²) >= 11 is 11.2. The van der Waals surface area contributed by atoms with Crippen molar-refractivity contribution in [1.82, 2.24) is 10.6 Å². The number of benzene rings is 1. The third kappa shape index (κ3) is 2.83. The van der Waals surface area contributed by atoms with E-state index in [2.05, 4.69) is 24.5 Å². The molecule has 0 amide bonds. The molecule has 0 saturated carbocycles. The minimum atomic E-state index is -0.186. The highest BCUT2D eigenvalue weighted by Gasteiger charge is 2.39. The molecule has 1 aliphatic heterocycles. The zero-order valence-electron chi connectivity index (χ0n) is 12.0. The molecule has 0 spiro atoms. The van der Waals surface area contributed by atoms with E-state index in [-0.39, 0.29) is 17.2 Å². The van der Waals surface area contributed by atoms with Gasteiger partial charge in [-0.3, -0.25) is 4.79 Å². The van der Waals surface area contributed by atoms with Crippen molar-refractivity contribution in [3.63, 3.8) is 0 Å². The molecule has 0 aromatic heterocycles. The molecule has 3 nitrogen and oxygen atoms in total. The Morgan fingerprint density at radius 2 is 1.90 bits per heavy atom. The Balaban J connectivity index is 2.06. The van der Waals surface area contributed by atoms with Gasteiger partial charge in [0.25, 0.3) is 0 Å². The minimum Gasteiger partial charge on any atom is -0.351 e. The second-order valence-electron chi connectivity index (χ2n) is 6.42. The Hall–Kier alpha value is -1.39. The minimum absolute atomic E-state index is 0.0274. The highest BCUT2D eigenvalue weighted by atomic mass is 35.5. The van der Waals surface area contributed by atoms with Crippen molar-refractivity contribution < 1.29 is 4.79 Å². The lowest BCUT2D eigenvalue weighted by atomic mass is 9.73. The molecule has 1 aromatic carbocycles. The third-order valence-electron chi connectivity index (χ3n) is 3.95. The van der Waals surface area contributed by atoms with Crippen molar-refractivity contribution in [3.05, 3.63) is 46.1 Å². The summed E-state index contributed by atoms with van der Waals surface area (Å²) < 4.78 is 0. The molecule has 0 radical (unpaired) electrons. The predicted molar refractivity (Wildman–Crippen MR) is 88.1 cm³/mol. The zero-order chi connectivity index (χ0) is 15.2. The van der Waals surface area contributed by atoms with E-state index in [1.54, 1.807) is 0 Å². The first-order chi connectivity index (χ1) is 9.85. The summed E-state index contributed by atoms with van der Waals surface area (Å²) in [6.45, 7) is 4.22. The monoisotopic (exact) mass is 320 g/mol. The van der Waals surface area contributed by atoms with Gasteiger partial charge < -0.3 is 10.6 Å². The number of nitrogens with one attached hydrogen (secondary N) is 2. The van der Waals surface area contributed by atoms with Crippen LogP contribution < -0.4 is 10.6 Å². The van der Waals surface area contributed by atoms with Crippen LogP contribution in [-0.2, 0) is 4.79 Å². The molecular weight excluding hydrogens is 304 g/mol. The molecule has 0 unspecified atom stereocenters. The smallest absolute Gasteiger partial charge is 0.171 e. The fraction of sp³-hybridized carbons (Fsp3) is 0.375. The lowest BCUT2D eigenvalue weighted by Gasteiger charge is -2.39. The predicted octanol–water partition coefficient (Wildman–Crippen LogP) is 3.50. The van der Waals surface area contributed by atoms with Crippen LogP contribution in [0.15, 0.2) is 35.5 Å². The quantitative estimate of drug-likeness (QED) is 0.777. The van der Waals surface area contributed by atoms with Gasteiger partial charge in [-0.1, -0.05) is 37.6 Å². The summed E-state index contributed by atoms with van der Waals surface area (Å²) in [5, 5.41) is 7.63. The van der Waals surface area contributed by atoms with Crippen molar-refractivity contribution in [3.8, 4) is 0 Å². The van der Waals surface area contributed by atoms with E-state index in [1.165, 1.54) is 0 Å². The van der Waals surface area contributed by atoms with E-state index in [9.17, 15) is 4.79 Å². The Bertz CT molecular complexity index is 649. The summed E-state index contributed by atoms with van der Waals surface area (Å²) in [6, 6.07) is 7.36. The van der Waals surface area contributed by atoms with Crippen LogP contribution in [0, 0.1) is 5.41 Å². The maximum Gasteiger partial charge on any atom is 0.171 e. The van der Waals surface area contributed by atoms with E-state index in [0.717, 1.165) is 23.3 Å². The van der Waals surface area contributed by atoms with Crippen molar-refractivity contribution in [2.45, 2.75) is 32.7 Å². The van der Waals surface area contributed by atoms with Crippen LogP contribution in [0.3, 0.4) is 0 Å². The lowest BCUT2D eigenvalue weighted by molar-refractivity contribution is -0.118. The van der Waals surface area contributed by atoms with Crippen LogP contribution in [0.1, 0.15) is 38.3 Å². The fourth-order valence-corrected chi connectivity index (χ4v) is 3.43. The van der Waals surface area contributed by atoms with Gasteiger partial charge in [0, 0.05) is 22.7 Å². The van der Waals surface area contributed by atoms with Gasteiger partial charge in [0.2, 0.25) is 0 Å². The van der Waals surface area contributed by atoms with Crippen LogP contribution >= 0.6 is 23.8 Å². The molecule has 0 bridgehead atoms. The molecule has 110 valence electrons. The van der Waals surface area contributed by atoms with Crippen LogP contribution in [0.4, 0.5) is 0 Å². The number of thiocarbonyl (C=S) groups is 1. The number of carbonyl (C=O) groups is 1. The van der Waals surface area contributed by atoms with Crippen molar-refractivity contribution in [1.29, 1.82) is 0 Å². The van der Waals surface area contributed by atoms with Gasteiger partial charge in [0.15, 0.2) is 10.9 Å². The highest BCUT2D eigenvalue weighted by Crippen LogP contribution is 2.41. The molecule has 3 rings (SSSR count). The molecule has 21 heavy (non-hydrogen) atoms. The fourth-order valence-electron chi connectivity index (χ4n) is 3.06. The van der Waals surface area contributed by atoms with Crippen molar-refractivity contribution in [2.75, 3.05) is 0 Å². The van der Waals surface area contributed by atoms with Gasteiger partial charge in [0.05, 0.1) is 6.04 Å². The lowest BCUT2D eigenvalue weighted by Crippen LogP contribution is -2.48. The molecule has 0 fully saturated rings. The van der Waals surface area contributed by atoms with E-state index >= 15 is 0 Å². The van der Waals surface area contributed by atoms with Gasteiger partial charge in [-0.15, -0.1) is 0 Å². The maximum atomic E-state index is 12.6. The third-order valence-corrected chi connectivity index (χ3v) is 4.42. The Morgan fingerprint density at radius 1 is 1.24 bits per heavy atom. The Kier molecular flexibility index (Phi) is 3.54. The van der Waals surface area contributed by atoms with E-state index in [1.807, 2.05) is 24.3 Å². The summed E-state index contributed by atoms with van der Waals surface area (Å²) in [4.78, 5) is 12.6. The normalized spacial score (nSPS) is 24.2. The highest BCUT2D eigenvalue weighted by molar-refractivity contribution is 7.80. The van der Waals surface area contributed by atoms with Gasteiger partial charge in [-0.05, 0) is 41.7 Å². The number of hydrogen-bond donors (Lipinski definition) is 2.